The topological polar surface area (TPSA) is 109 Å². The fraction of sp³-hybridized carbons (Fsp3) is 0.400. The molecule has 10 nitrogen and oxygen atoms in total. The number of carbonyl (C=O) groups is 3. The molecule has 1 aromatic heterocycles. The van der Waals surface area contributed by atoms with Crippen LogP contribution in [0, 0.1) is 11.6 Å². The summed E-state index contributed by atoms with van der Waals surface area (Å²) in [5, 5.41) is 9.95. The first-order valence-electron chi connectivity index (χ1n) is 10.1. The molecule has 33 heavy (non-hydrogen) atoms. The Labute approximate surface area is 192 Å². The van der Waals surface area contributed by atoms with Crippen LogP contribution in [0.15, 0.2) is 12.1 Å². The highest BCUT2D eigenvalue weighted by Gasteiger charge is 2.35. The number of nitrogens with one attached hydrogen (secondary N) is 2. The molecule has 3 heterocycles. The molecule has 0 saturated heterocycles. The number of hydrogen-bond acceptors (Lipinski definition) is 5. The normalized spacial score (nSPS) is 17.8. The lowest BCUT2D eigenvalue weighted by Gasteiger charge is -2.27. The van der Waals surface area contributed by atoms with Gasteiger partial charge in [-0.05, 0) is 12.1 Å². The molecule has 2 aliphatic heterocycles. The van der Waals surface area contributed by atoms with Crippen LogP contribution in [0.3, 0.4) is 0 Å². The summed E-state index contributed by atoms with van der Waals surface area (Å²) >= 11 is 5.58. The summed E-state index contributed by atoms with van der Waals surface area (Å²) in [4.78, 5) is 44.0. The second-order valence-electron chi connectivity index (χ2n) is 7.75. The van der Waals surface area contributed by atoms with Crippen molar-refractivity contribution in [2.45, 2.75) is 32.5 Å². The van der Waals surface area contributed by atoms with Gasteiger partial charge in [0.15, 0.2) is 5.82 Å². The van der Waals surface area contributed by atoms with E-state index in [1.165, 1.54) is 23.6 Å². The van der Waals surface area contributed by atoms with Crippen LogP contribution in [-0.4, -0.2) is 63.8 Å². The quantitative estimate of drug-likeness (QED) is 0.650. The fourth-order valence-corrected chi connectivity index (χ4v) is 3.96. The van der Waals surface area contributed by atoms with Crippen molar-refractivity contribution in [3.63, 3.8) is 0 Å². The van der Waals surface area contributed by atoms with E-state index in [0.29, 0.717) is 17.7 Å². The zero-order chi connectivity index (χ0) is 23.9. The molecule has 13 heteroatoms. The zero-order valence-electron chi connectivity index (χ0n) is 17.8. The second-order valence-corrected chi connectivity index (χ2v) is 8.13. The third-order valence-electron chi connectivity index (χ3n) is 5.42. The van der Waals surface area contributed by atoms with E-state index in [0.717, 1.165) is 17.2 Å². The van der Waals surface area contributed by atoms with Crippen molar-refractivity contribution in [2.75, 3.05) is 25.5 Å². The summed E-state index contributed by atoms with van der Waals surface area (Å²) in [5.74, 6) is -2.66. The van der Waals surface area contributed by atoms with E-state index in [1.807, 2.05) is 0 Å². The molecule has 2 aliphatic rings. The lowest BCUT2D eigenvalue weighted by Crippen LogP contribution is -2.40. The molecule has 176 valence electrons. The zero-order valence-corrected chi connectivity index (χ0v) is 18.6. The molecule has 0 bridgehead atoms. The molecular weight excluding hydrogens is 462 g/mol. The monoisotopic (exact) mass is 482 g/mol. The summed E-state index contributed by atoms with van der Waals surface area (Å²) in [6, 6.07) is 1.41. The number of benzene rings is 1. The van der Waals surface area contributed by atoms with Crippen molar-refractivity contribution in [3.8, 4) is 0 Å². The smallest absolute Gasteiger partial charge is 0.322 e. The van der Waals surface area contributed by atoms with Crippen molar-refractivity contribution in [2.24, 2.45) is 0 Å². The summed E-state index contributed by atoms with van der Waals surface area (Å²) in [7, 11) is 1.46. The van der Waals surface area contributed by atoms with Crippen LogP contribution in [0.4, 0.5) is 19.3 Å². The Kier molecular flexibility index (Phi) is 6.21. The molecule has 0 radical (unpaired) electrons. The second kappa shape index (κ2) is 8.94. The van der Waals surface area contributed by atoms with Crippen molar-refractivity contribution < 1.29 is 28.0 Å². The number of hydrogen-bond donors (Lipinski definition) is 2. The van der Waals surface area contributed by atoms with E-state index >= 15 is 0 Å². The maximum atomic E-state index is 14.2. The first kappa shape index (κ1) is 22.9. The van der Waals surface area contributed by atoms with Crippen LogP contribution < -0.4 is 10.6 Å². The number of hydroxylamine groups is 2. The number of rotatable bonds is 3. The standard InChI is InChI=1S/C20H21ClF2N6O4/c1-10(30)24-7-11-8-29-18(19(31)27(2)33-11)12-9-28(6-5-14(12)26-29)20(32)25-15-4-3-13(22)16(21)17(15)23/h3-4,11H,5-9H2,1-2H3,(H,24,30)(H,25,32). The van der Waals surface area contributed by atoms with Crippen molar-refractivity contribution >= 4 is 35.1 Å². The van der Waals surface area contributed by atoms with Crippen LogP contribution >= 0.6 is 11.6 Å². The van der Waals surface area contributed by atoms with Gasteiger partial charge in [-0.15, -0.1) is 0 Å². The Hall–Kier alpha value is -3.25. The lowest BCUT2D eigenvalue weighted by molar-refractivity contribution is -0.148. The van der Waals surface area contributed by atoms with Crippen LogP contribution in [0.25, 0.3) is 0 Å². The van der Waals surface area contributed by atoms with Gasteiger partial charge in [0, 0.05) is 39.0 Å². The SMILES string of the molecule is CC(=O)NCC1Cn2nc3c(c2C(=O)N(C)O1)CN(C(=O)Nc1ccc(F)c(Cl)c1F)CC3. The van der Waals surface area contributed by atoms with Gasteiger partial charge in [-0.25, -0.2) is 18.6 Å². The van der Waals surface area contributed by atoms with Gasteiger partial charge in [0.2, 0.25) is 5.91 Å². The van der Waals surface area contributed by atoms with Crippen LogP contribution in [0.2, 0.25) is 5.02 Å². The van der Waals surface area contributed by atoms with Crippen LogP contribution in [0.5, 0.6) is 0 Å². The third kappa shape index (κ3) is 4.48. The van der Waals surface area contributed by atoms with Crippen molar-refractivity contribution in [1.29, 1.82) is 0 Å². The molecule has 2 aromatic rings. The Bertz CT molecular complexity index is 1140. The van der Waals surface area contributed by atoms with E-state index < -0.39 is 34.7 Å². The molecule has 2 N–H and O–H groups in total. The van der Waals surface area contributed by atoms with E-state index in [9.17, 15) is 23.2 Å². The van der Waals surface area contributed by atoms with Crippen molar-refractivity contribution in [3.05, 3.63) is 45.7 Å². The van der Waals surface area contributed by atoms with Gasteiger partial charge in [-0.3, -0.25) is 19.1 Å². The minimum absolute atomic E-state index is 0.0585. The average molecular weight is 483 g/mol. The summed E-state index contributed by atoms with van der Waals surface area (Å²) in [6.07, 6.45) is -0.139. The summed E-state index contributed by atoms with van der Waals surface area (Å²) < 4.78 is 29.1. The molecule has 1 unspecified atom stereocenters. The Balaban J connectivity index is 1.55. The van der Waals surface area contributed by atoms with Gasteiger partial charge in [0.1, 0.15) is 22.6 Å². The average Bonchev–Trinajstić information content (AvgIpc) is 3.08. The predicted octanol–water partition coefficient (Wildman–Crippen LogP) is 1.93. The van der Waals surface area contributed by atoms with Crippen molar-refractivity contribution in [1.82, 2.24) is 25.1 Å². The Morgan fingerprint density at radius 2 is 2.09 bits per heavy atom. The molecule has 4 amide bonds. The number of nitrogens with zero attached hydrogens (tertiary/aromatic N) is 4. The van der Waals surface area contributed by atoms with Gasteiger partial charge in [-0.2, -0.15) is 5.10 Å². The first-order chi connectivity index (χ1) is 15.7. The molecular formula is C20H21ClF2N6O4. The number of fused-ring (bicyclic) bond motifs is 3. The summed E-state index contributed by atoms with van der Waals surface area (Å²) in [5.41, 5.74) is 1.27. The Morgan fingerprint density at radius 1 is 1.33 bits per heavy atom. The van der Waals surface area contributed by atoms with Gasteiger partial charge >= 0.3 is 6.03 Å². The number of urea groups is 1. The van der Waals surface area contributed by atoms with Gasteiger partial charge in [-0.1, -0.05) is 11.6 Å². The molecule has 0 aliphatic carbocycles. The molecule has 0 fully saturated rings. The third-order valence-corrected chi connectivity index (χ3v) is 5.76. The fourth-order valence-electron chi connectivity index (χ4n) is 3.79. The minimum atomic E-state index is -1.07. The number of amides is 4. The maximum Gasteiger partial charge on any atom is 0.322 e. The lowest BCUT2D eigenvalue weighted by atomic mass is 10.1. The van der Waals surface area contributed by atoms with Crippen LogP contribution in [-0.2, 0) is 29.1 Å². The molecule has 4 rings (SSSR count). The van der Waals surface area contributed by atoms with Gasteiger partial charge in [0.05, 0.1) is 24.5 Å². The highest BCUT2D eigenvalue weighted by Crippen LogP contribution is 2.28. The van der Waals surface area contributed by atoms with E-state index in [-0.39, 0.29) is 43.5 Å². The van der Waals surface area contributed by atoms with E-state index in [2.05, 4.69) is 15.7 Å². The van der Waals surface area contributed by atoms with Gasteiger partial charge in [0.25, 0.3) is 5.91 Å². The largest absolute Gasteiger partial charge is 0.354 e. The maximum absolute atomic E-state index is 14.2. The van der Waals surface area contributed by atoms with E-state index in [4.69, 9.17) is 16.4 Å². The number of carbonyl (C=O) groups excluding carboxylic acids is 3. The summed E-state index contributed by atoms with van der Waals surface area (Å²) in [6.45, 7) is 2.14. The highest BCUT2D eigenvalue weighted by atomic mass is 35.5. The Morgan fingerprint density at radius 3 is 2.82 bits per heavy atom. The molecule has 1 aromatic carbocycles. The highest BCUT2D eigenvalue weighted by molar-refractivity contribution is 6.31. The minimum Gasteiger partial charge on any atom is -0.354 e. The van der Waals surface area contributed by atoms with E-state index in [1.54, 1.807) is 0 Å². The number of halogens is 3. The number of anilines is 1. The van der Waals surface area contributed by atoms with Gasteiger partial charge < -0.3 is 15.5 Å². The molecule has 0 saturated carbocycles. The predicted molar refractivity (Wildman–Crippen MR) is 112 cm³/mol. The molecule has 0 spiro atoms. The van der Waals surface area contributed by atoms with Crippen LogP contribution in [0.1, 0.15) is 28.7 Å². The first-order valence-corrected chi connectivity index (χ1v) is 10.5. The number of aromatic nitrogens is 2. The molecule has 1 atom stereocenters.